The van der Waals surface area contributed by atoms with Gasteiger partial charge in [0.05, 0.1) is 5.69 Å². The standard InChI is InChI=1S/C15H23N5/c1-11-14-7-12(8-17-15(14)19(3)18-11)9-20-6-4-5-13(10-20)16-2/h7-8,13,16H,4-6,9-10H2,1-3H3. The second kappa shape index (κ2) is 5.50. The van der Waals surface area contributed by atoms with E-state index in [0.717, 1.165) is 24.4 Å². The number of piperidine rings is 1. The smallest absolute Gasteiger partial charge is 0.157 e. The zero-order valence-electron chi connectivity index (χ0n) is 12.6. The minimum absolute atomic E-state index is 0.626. The zero-order chi connectivity index (χ0) is 14.1. The molecule has 0 aliphatic carbocycles. The number of hydrogen-bond donors (Lipinski definition) is 1. The van der Waals surface area contributed by atoms with Crippen molar-refractivity contribution in [1.82, 2.24) is 25.0 Å². The van der Waals surface area contributed by atoms with Crippen molar-refractivity contribution < 1.29 is 0 Å². The lowest BCUT2D eigenvalue weighted by atomic mass is 10.1. The monoisotopic (exact) mass is 273 g/mol. The van der Waals surface area contributed by atoms with Crippen molar-refractivity contribution in [2.24, 2.45) is 7.05 Å². The summed E-state index contributed by atoms with van der Waals surface area (Å²) < 4.78 is 1.85. The first-order valence-electron chi connectivity index (χ1n) is 7.35. The number of aromatic nitrogens is 3. The van der Waals surface area contributed by atoms with Crippen LogP contribution in [-0.4, -0.2) is 45.8 Å². The van der Waals surface area contributed by atoms with E-state index in [0.29, 0.717) is 6.04 Å². The molecule has 0 bridgehead atoms. The highest BCUT2D eigenvalue weighted by molar-refractivity contribution is 5.78. The molecule has 5 nitrogen and oxygen atoms in total. The number of fused-ring (bicyclic) bond motifs is 1. The van der Waals surface area contributed by atoms with E-state index in [-0.39, 0.29) is 0 Å². The molecule has 1 atom stereocenters. The van der Waals surface area contributed by atoms with E-state index in [1.807, 2.05) is 24.9 Å². The lowest BCUT2D eigenvalue weighted by Crippen LogP contribution is -2.43. The molecule has 1 unspecified atom stereocenters. The van der Waals surface area contributed by atoms with Gasteiger partial charge in [-0.3, -0.25) is 9.58 Å². The second-order valence-electron chi connectivity index (χ2n) is 5.79. The van der Waals surface area contributed by atoms with Crippen LogP contribution in [0.25, 0.3) is 11.0 Å². The zero-order valence-corrected chi connectivity index (χ0v) is 12.6. The van der Waals surface area contributed by atoms with Gasteiger partial charge in [-0.2, -0.15) is 5.10 Å². The largest absolute Gasteiger partial charge is 0.316 e. The fourth-order valence-electron chi connectivity index (χ4n) is 3.13. The van der Waals surface area contributed by atoms with Crippen LogP contribution in [0.3, 0.4) is 0 Å². The van der Waals surface area contributed by atoms with Crippen LogP contribution in [-0.2, 0) is 13.6 Å². The van der Waals surface area contributed by atoms with Crippen molar-refractivity contribution in [3.8, 4) is 0 Å². The molecule has 0 amide bonds. The molecule has 1 aliphatic rings. The van der Waals surface area contributed by atoms with Crippen LogP contribution in [0.15, 0.2) is 12.3 Å². The SMILES string of the molecule is CNC1CCCN(Cc2cnc3c(c2)c(C)nn3C)C1. The summed E-state index contributed by atoms with van der Waals surface area (Å²) in [4.78, 5) is 7.08. The Kier molecular flexibility index (Phi) is 3.72. The average molecular weight is 273 g/mol. The maximum absolute atomic E-state index is 4.56. The van der Waals surface area contributed by atoms with E-state index in [1.165, 1.54) is 30.3 Å². The van der Waals surface area contributed by atoms with Crippen LogP contribution < -0.4 is 5.32 Å². The summed E-state index contributed by atoms with van der Waals surface area (Å²) in [5, 5.41) is 9.00. The molecular weight excluding hydrogens is 250 g/mol. The van der Waals surface area contributed by atoms with Crippen LogP contribution in [0.5, 0.6) is 0 Å². The summed E-state index contributed by atoms with van der Waals surface area (Å²) in [7, 11) is 4.00. The molecule has 1 saturated heterocycles. The van der Waals surface area contributed by atoms with E-state index < -0.39 is 0 Å². The predicted octanol–water partition coefficient (Wildman–Crippen LogP) is 1.46. The summed E-state index contributed by atoms with van der Waals surface area (Å²) in [5.74, 6) is 0. The highest BCUT2D eigenvalue weighted by atomic mass is 15.3. The van der Waals surface area contributed by atoms with E-state index in [9.17, 15) is 0 Å². The summed E-state index contributed by atoms with van der Waals surface area (Å²) in [6, 6.07) is 2.87. The number of nitrogens with one attached hydrogen (secondary N) is 1. The second-order valence-corrected chi connectivity index (χ2v) is 5.79. The Hall–Kier alpha value is -1.46. The number of pyridine rings is 1. The lowest BCUT2D eigenvalue weighted by molar-refractivity contribution is 0.188. The highest BCUT2D eigenvalue weighted by Gasteiger charge is 2.18. The molecule has 1 N–H and O–H groups in total. The third kappa shape index (κ3) is 2.55. The number of likely N-dealkylation sites (N-methyl/N-ethyl adjacent to an activating group) is 1. The maximum Gasteiger partial charge on any atom is 0.157 e. The van der Waals surface area contributed by atoms with Gasteiger partial charge in [0.2, 0.25) is 0 Å². The Morgan fingerprint density at radius 2 is 2.30 bits per heavy atom. The lowest BCUT2D eigenvalue weighted by Gasteiger charge is -2.32. The number of hydrogen-bond acceptors (Lipinski definition) is 4. The molecule has 20 heavy (non-hydrogen) atoms. The molecule has 2 aromatic heterocycles. The Morgan fingerprint density at radius 1 is 1.45 bits per heavy atom. The van der Waals surface area contributed by atoms with E-state index in [4.69, 9.17) is 0 Å². The van der Waals surface area contributed by atoms with Gasteiger partial charge in [-0.25, -0.2) is 4.98 Å². The van der Waals surface area contributed by atoms with Crippen LogP contribution >= 0.6 is 0 Å². The minimum Gasteiger partial charge on any atom is -0.316 e. The third-order valence-corrected chi connectivity index (χ3v) is 4.24. The summed E-state index contributed by atoms with van der Waals surface area (Å²) >= 11 is 0. The van der Waals surface area contributed by atoms with Crippen molar-refractivity contribution in [3.63, 3.8) is 0 Å². The number of aryl methyl sites for hydroxylation is 2. The molecule has 108 valence electrons. The average Bonchev–Trinajstić information content (AvgIpc) is 2.74. The molecule has 0 radical (unpaired) electrons. The molecular formula is C15H23N5. The highest BCUT2D eigenvalue weighted by Crippen LogP contribution is 2.19. The molecule has 0 saturated carbocycles. The third-order valence-electron chi connectivity index (χ3n) is 4.24. The van der Waals surface area contributed by atoms with Gasteiger partial charge in [0.25, 0.3) is 0 Å². The van der Waals surface area contributed by atoms with Gasteiger partial charge < -0.3 is 5.32 Å². The molecule has 0 spiro atoms. The van der Waals surface area contributed by atoms with Crippen LogP contribution in [0.1, 0.15) is 24.1 Å². The van der Waals surface area contributed by atoms with Crippen molar-refractivity contribution in [1.29, 1.82) is 0 Å². The number of nitrogens with zero attached hydrogens (tertiary/aromatic N) is 4. The quantitative estimate of drug-likeness (QED) is 0.919. The van der Waals surface area contributed by atoms with Crippen molar-refractivity contribution in [3.05, 3.63) is 23.5 Å². The van der Waals surface area contributed by atoms with Gasteiger partial charge in [-0.1, -0.05) is 0 Å². The van der Waals surface area contributed by atoms with Crippen LogP contribution in [0, 0.1) is 6.92 Å². The molecule has 3 heterocycles. The minimum atomic E-state index is 0.626. The fraction of sp³-hybridized carbons (Fsp3) is 0.600. The molecule has 1 aliphatic heterocycles. The molecule has 5 heteroatoms. The Balaban J connectivity index is 1.79. The first kappa shape index (κ1) is 13.5. The molecule has 1 fully saturated rings. The maximum atomic E-state index is 4.56. The Bertz CT molecular complexity index is 604. The van der Waals surface area contributed by atoms with Crippen molar-refractivity contribution >= 4 is 11.0 Å². The van der Waals surface area contributed by atoms with Gasteiger partial charge in [0.1, 0.15) is 0 Å². The summed E-state index contributed by atoms with van der Waals surface area (Å²) in [6.07, 6.45) is 4.55. The molecule has 2 aromatic rings. The fourth-order valence-corrected chi connectivity index (χ4v) is 3.13. The summed E-state index contributed by atoms with van der Waals surface area (Å²) in [6.45, 7) is 5.34. The Labute approximate surface area is 120 Å². The van der Waals surface area contributed by atoms with Gasteiger partial charge >= 0.3 is 0 Å². The summed E-state index contributed by atoms with van der Waals surface area (Å²) in [5.41, 5.74) is 3.31. The van der Waals surface area contributed by atoms with Crippen molar-refractivity contribution in [2.75, 3.05) is 20.1 Å². The molecule has 3 rings (SSSR count). The topological polar surface area (TPSA) is 46.0 Å². The first-order valence-corrected chi connectivity index (χ1v) is 7.35. The van der Waals surface area contributed by atoms with Gasteiger partial charge in [0, 0.05) is 37.8 Å². The predicted molar refractivity (Wildman–Crippen MR) is 80.6 cm³/mol. The van der Waals surface area contributed by atoms with E-state index in [1.54, 1.807) is 0 Å². The normalized spacial score (nSPS) is 20.6. The van der Waals surface area contributed by atoms with Crippen LogP contribution in [0.4, 0.5) is 0 Å². The van der Waals surface area contributed by atoms with E-state index >= 15 is 0 Å². The van der Waals surface area contributed by atoms with Gasteiger partial charge in [0.15, 0.2) is 5.65 Å². The van der Waals surface area contributed by atoms with Crippen molar-refractivity contribution in [2.45, 2.75) is 32.4 Å². The number of likely N-dealkylation sites (tertiary alicyclic amines) is 1. The van der Waals surface area contributed by atoms with E-state index in [2.05, 4.69) is 33.4 Å². The van der Waals surface area contributed by atoms with Crippen LogP contribution in [0.2, 0.25) is 0 Å². The number of rotatable bonds is 3. The Morgan fingerprint density at radius 3 is 3.10 bits per heavy atom. The first-order chi connectivity index (χ1) is 9.67. The van der Waals surface area contributed by atoms with Gasteiger partial charge in [-0.05, 0) is 45.0 Å². The van der Waals surface area contributed by atoms with Gasteiger partial charge in [-0.15, -0.1) is 0 Å². The molecule has 0 aromatic carbocycles.